The van der Waals surface area contributed by atoms with Crippen molar-refractivity contribution >= 4 is 23.2 Å². The van der Waals surface area contributed by atoms with Gasteiger partial charge >= 0.3 is 12.1 Å². The van der Waals surface area contributed by atoms with Gasteiger partial charge < -0.3 is 9.73 Å². The lowest BCUT2D eigenvalue weighted by Gasteiger charge is -2.10. The molecule has 1 heterocycles. The van der Waals surface area contributed by atoms with Crippen molar-refractivity contribution in [2.24, 2.45) is 0 Å². The Kier molecular flexibility index (Phi) is 5.50. The summed E-state index contributed by atoms with van der Waals surface area (Å²) >= 11 is 5.10. The highest BCUT2D eigenvalue weighted by atomic mass is 35.5. The van der Waals surface area contributed by atoms with Crippen molar-refractivity contribution in [1.82, 2.24) is 4.98 Å². The van der Waals surface area contributed by atoms with Crippen molar-refractivity contribution in [1.29, 1.82) is 0 Å². The molecular formula is C18H8ClF7N2O2. The quantitative estimate of drug-likeness (QED) is 0.295. The molecule has 2 aromatic carbocycles. The second-order valence-electron chi connectivity index (χ2n) is 5.90. The molecule has 1 aromatic heterocycles. The van der Waals surface area contributed by atoms with Gasteiger partial charge in [0.1, 0.15) is 22.0 Å². The molecule has 4 nitrogen and oxygen atoms in total. The monoisotopic (exact) mass is 452 g/mol. The van der Waals surface area contributed by atoms with E-state index in [2.05, 4.69) is 9.40 Å². The Morgan fingerprint density at radius 2 is 1.53 bits per heavy atom. The highest BCUT2D eigenvalue weighted by Crippen LogP contribution is 2.34. The highest BCUT2D eigenvalue weighted by molar-refractivity contribution is 6.31. The predicted octanol–water partition coefficient (Wildman–Crippen LogP) is 6.13. The van der Waals surface area contributed by atoms with Crippen molar-refractivity contribution in [2.75, 3.05) is 5.32 Å². The lowest BCUT2D eigenvalue weighted by Crippen LogP contribution is -2.18. The average Bonchev–Trinajstić information content (AvgIpc) is 3.08. The average molecular weight is 453 g/mol. The van der Waals surface area contributed by atoms with Crippen molar-refractivity contribution < 1.29 is 39.9 Å². The zero-order valence-electron chi connectivity index (χ0n) is 14.6. The van der Waals surface area contributed by atoms with Crippen LogP contribution in [0.25, 0.3) is 11.3 Å². The number of benzene rings is 2. The molecule has 0 unspecified atom stereocenters. The third-order valence-electron chi connectivity index (χ3n) is 3.89. The number of carbonyl (C=O) groups excluding carboxylic acids is 1. The van der Waals surface area contributed by atoms with Crippen LogP contribution in [0.3, 0.4) is 0 Å². The number of hydrogen-bond acceptors (Lipinski definition) is 3. The maximum Gasteiger partial charge on any atom is 0.468 e. The van der Waals surface area contributed by atoms with E-state index in [1.54, 1.807) is 0 Å². The number of carbonyl (C=O) groups is 1. The van der Waals surface area contributed by atoms with Gasteiger partial charge in [-0.15, -0.1) is 0 Å². The molecule has 0 aliphatic rings. The van der Waals surface area contributed by atoms with Gasteiger partial charge in [-0.3, -0.25) is 4.79 Å². The first kappa shape index (κ1) is 21.6. The normalized spacial score (nSPS) is 11.6. The minimum absolute atomic E-state index is 0.0736. The molecule has 1 N–H and O–H groups in total. The van der Waals surface area contributed by atoms with Crippen LogP contribution in [0, 0.1) is 30.2 Å². The molecule has 0 spiro atoms. The number of aryl methyl sites for hydroxylation is 1. The molecule has 0 saturated carbocycles. The summed E-state index contributed by atoms with van der Waals surface area (Å²) < 4.78 is 97.3. The molecule has 0 radical (unpaired) electrons. The van der Waals surface area contributed by atoms with E-state index in [9.17, 15) is 35.5 Å². The summed E-state index contributed by atoms with van der Waals surface area (Å²) in [4.78, 5) is 15.4. The summed E-state index contributed by atoms with van der Waals surface area (Å²) in [5.41, 5.74) is -1.53. The van der Waals surface area contributed by atoms with Gasteiger partial charge in [0, 0.05) is 11.3 Å². The zero-order valence-corrected chi connectivity index (χ0v) is 15.4. The number of anilines is 1. The molecule has 0 aliphatic carbocycles. The molecule has 12 heteroatoms. The minimum atomic E-state index is -4.78. The number of rotatable bonds is 3. The van der Waals surface area contributed by atoms with Crippen LogP contribution in [0.15, 0.2) is 28.7 Å². The summed E-state index contributed by atoms with van der Waals surface area (Å²) in [5.74, 6) is -10.9. The van der Waals surface area contributed by atoms with Crippen molar-refractivity contribution in [2.45, 2.75) is 13.1 Å². The fourth-order valence-electron chi connectivity index (χ4n) is 2.49. The molecule has 0 fully saturated rings. The minimum Gasteiger partial charge on any atom is -0.438 e. The number of amides is 1. The zero-order chi connectivity index (χ0) is 22.4. The highest BCUT2D eigenvalue weighted by Gasteiger charge is 2.38. The van der Waals surface area contributed by atoms with Gasteiger partial charge in [-0.2, -0.15) is 13.2 Å². The number of oxazole rings is 1. The fraction of sp³-hybridized carbons (Fsp3) is 0.111. The van der Waals surface area contributed by atoms with Gasteiger partial charge in [0.15, 0.2) is 23.3 Å². The third kappa shape index (κ3) is 3.84. The predicted molar refractivity (Wildman–Crippen MR) is 90.9 cm³/mol. The van der Waals surface area contributed by atoms with Crippen molar-refractivity contribution in [3.05, 3.63) is 69.8 Å². The maximum absolute atomic E-state index is 13.8. The molecule has 0 atom stereocenters. The Labute approximate surface area is 168 Å². The second kappa shape index (κ2) is 7.63. The molecule has 1 amide bonds. The number of aromatic nitrogens is 1. The Hall–Kier alpha value is -3.08. The van der Waals surface area contributed by atoms with E-state index in [0.29, 0.717) is 0 Å². The van der Waals surface area contributed by atoms with Crippen LogP contribution in [0.2, 0.25) is 5.02 Å². The van der Waals surface area contributed by atoms with E-state index in [4.69, 9.17) is 11.6 Å². The molecule has 0 aliphatic heterocycles. The van der Waals surface area contributed by atoms with Crippen LogP contribution in [0.5, 0.6) is 0 Å². The fourth-order valence-corrected chi connectivity index (χ4v) is 2.66. The first-order valence-electron chi connectivity index (χ1n) is 7.89. The molecule has 0 saturated heterocycles. The lowest BCUT2D eigenvalue weighted by molar-refractivity contribution is -0.157. The molecule has 30 heavy (non-hydrogen) atoms. The lowest BCUT2D eigenvalue weighted by atomic mass is 10.1. The standard InChI is InChI=1S/C18H8ClF7N2O2/c1-6-15(28-17(30-6)18(24,25)26)7-2-4-8(5-3-7)27-16(29)9-11(20)13(22)10(19)14(23)12(9)21/h2-5H,1H3,(H,27,29). The summed E-state index contributed by atoms with van der Waals surface area (Å²) in [6.07, 6.45) is -4.78. The molecule has 3 rings (SSSR count). The van der Waals surface area contributed by atoms with Crippen LogP contribution in [-0.2, 0) is 6.18 Å². The Morgan fingerprint density at radius 3 is 2.00 bits per heavy atom. The van der Waals surface area contributed by atoms with Gasteiger partial charge in [-0.05, 0) is 19.1 Å². The van der Waals surface area contributed by atoms with E-state index in [1.807, 2.05) is 5.32 Å². The van der Waals surface area contributed by atoms with E-state index in [-0.39, 0.29) is 22.7 Å². The first-order chi connectivity index (χ1) is 13.9. The summed E-state index contributed by atoms with van der Waals surface area (Å²) in [7, 11) is 0. The van der Waals surface area contributed by atoms with Gasteiger partial charge in [0.2, 0.25) is 0 Å². The van der Waals surface area contributed by atoms with Crippen LogP contribution in [-0.4, -0.2) is 10.9 Å². The number of alkyl halides is 3. The van der Waals surface area contributed by atoms with E-state index >= 15 is 0 Å². The summed E-state index contributed by atoms with van der Waals surface area (Å²) in [5, 5.41) is 0.579. The number of nitrogens with one attached hydrogen (secondary N) is 1. The molecular weight excluding hydrogens is 445 g/mol. The molecule has 0 bridgehead atoms. The van der Waals surface area contributed by atoms with Gasteiger partial charge in [0.25, 0.3) is 5.91 Å². The Morgan fingerprint density at radius 1 is 1.00 bits per heavy atom. The van der Waals surface area contributed by atoms with Gasteiger partial charge in [-0.1, -0.05) is 23.7 Å². The SMILES string of the molecule is Cc1oc(C(F)(F)F)nc1-c1ccc(NC(=O)c2c(F)c(F)c(Cl)c(F)c2F)cc1. The summed E-state index contributed by atoms with van der Waals surface area (Å²) in [6, 6.07) is 4.84. The second-order valence-corrected chi connectivity index (χ2v) is 6.28. The number of halogens is 8. The smallest absolute Gasteiger partial charge is 0.438 e. The molecule has 3 aromatic rings. The summed E-state index contributed by atoms with van der Waals surface area (Å²) in [6.45, 7) is 1.27. The van der Waals surface area contributed by atoms with Gasteiger partial charge in [0.05, 0.1) is 0 Å². The van der Waals surface area contributed by atoms with E-state index in [0.717, 1.165) is 0 Å². The number of hydrogen-bond donors (Lipinski definition) is 1. The van der Waals surface area contributed by atoms with E-state index < -0.39 is 51.8 Å². The van der Waals surface area contributed by atoms with Gasteiger partial charge in [-0.25, -0.2) is 22.5 Å². The first-order valence-corrected chi connectivity index (χ1v) is 8.27. The van der Waals surface area contributed by atoms with Crippen LogP contribution in [0.4, 0.5) is 36.4 Å². The Balaban J connectivity index is 1.87. The van der Waals surface area contributed by atoms with Crippen molar-refractivity contribution in [3.63, 3.8) is 0 Å². The number of nitrogens with zero attached hydrogens (tertiary/aromatic N) is 1. The Bertz CT molecular complexity index is 1110. The molecule has 158 valence electrons. The third-order valence-corrected chi connectivity index (χ3v) is 4.22. The van der Waals surface area contributed by atoms with Crippen LogP contribution in [0.1, 0.15) is 22.0 Å². The largest absolute Gasteiger partial charge is 0.468 e. The van der Waals surface area contributed by atoms with Crippen LogP contribution >= 0.6 is 11.6 Å². The van der Waals surface area contributed by atoms with E-state index in [1.165, 1.54) is 31.2 Å². The van der Waals surface area contributed by atoms with Crippen LogP contribution < -0.4 is 5.32 Å². The topological polar surface area (TPSA) is 55.1 Å². The maximum atomic E-state index is 13.8. The van der Waals surface area contributed by atoms with Crippen molar-refractivity contribution in [3.8, 4) is 11.3 Å².